The number of rotatable bonds is 2. The highest BCUT2D eigenvalue weighted by Crippen LogP contribution is 2.25. The molecule has 1 amide bonds. The summed E-state index contributed by atoms with van der Waals surface area (Å²) in [6.45, 7) is 0. The minimum atomic E-state index is -1.52. The van der Waals surface area contributed by atoms with E-state index in [-0.39, 0.29) is 17.5 Å². The van der Waals surface area contributed by atoms with Crippen LogP contribution in [-0.4, -0.2) is 5.91 Å². The van der Waals surface area contributed by atoms with Crippen molar-refractivity contribution in [1.29, 1.82) is 0 Å². The number of amides is 1. The van der Waals surface area contributed by atoms with Gasteiger partial charge in [0, 0.05) is 23.7 Å². The summed E-state index contributed by atoms with van der Waals surface area (Å²) in [6, 6.07) is 1.58. The number of carbonyl (C=O) groups is 1. The van der Waals surface area contributed by atoms with E-state index < -0.39 is 17.5 Å². The fourth-order valence-corrected chi connectivity index (χ4v) is 2.24. The first-order valence-corrected chi connectivity index (χ1v) is 6.03. The van der Waals surface area contributed by atoms with Crippen molar-refractivity contribution in [2.45, 2.75) is 32.1 Å². The quantitative estimate of drug-likeness (QED) is 0.805. The molecule has 2 nitrogen and oxygen atoms in total. The molecular formula is C13H14F3NO. The van der Waals surface area contributed by atoms with Gasteiger partial charge in [-0.3, -0.25) is 4.79 Å². The molecule has 0 spiro atoms. The van der Waals surface area contributed by atoms with E-state index in [9.17, 15) is 18.0 Å². The van der Waals surface area contributed by atoms with Crippen molar-refractivity contribution in [1.82, 2.24) is 0 Å². The fraction of sp³-hybridized carbons (Fsp3) is 0.462. The zero-order valence-corrected chi connectivity index (χ0v) is 9.81. The van der Waals surface area contributed by atoms with Crippen molar-refractivity contribution in [2.75, 3.05) is 5.32 Å². The first kappa shape index (κ1) is 12.9. The van der Waals surface area contributed by atoms with E-state index in [1.165, 1.54) is 0 Å². The van der Waals surface area contributed by atoms with Crippen molar-refractivity contribution >= 4 is 11.6 Å². The van der Waals surface area contributed by atoms with Crippen LogP contribution in [0.5, 0.6) is 0 Å². The molecule has 1 saturated carbocycles. The SMILES string of the molecule is O=C(Nc1cc(F)c(F)c(F)c1)C1CCCCC1. The average Bonchev–Trinajstić information content (AvgIpc) is 2.37. The third-order valence-corrected chi connectivity index (χ3v) is 3.23. The number of anilines is 1. The molecule has 0 aliphatic heterocycles. The van der Waals surface area contributed by atoms with Crippen molar-refractivity contribution in [3.05, 3.63) is 29.6 Å². The van der Waals surface area contributed by atoms with Crippen LogP contribution in [0.15, 0.2) is 12.1 Å². The number of hydrogen-bond donors (Lipinski definition) is 1. The highest BCUT2D eigenvalue weighted by atomic mass is 19.2. The largest absolute Gasteiger partial charge is 0.326 e. The van der Waals surface area contributed by atoms with Gasteiger partial charge < -0.3 is 5.32 Å². The van der Waals surface area contributed by atoms with Crippen LogP contribution in [0.3, 0.4) is 0 Å². The molecule has 5 heteroatoms. The fourth-order valence-electron chi connectivity index (χ4n) is 2.24. The van der Waals surface area contributed by atoms with Crippen LogP contribution in [0.25, 0.3) is 0 Å². The Labute approximate surface area is 103 Å². The Morgan fingerprint density at radius 1 is 1.06 bits per heavy atom. The average molecular weight is 257 g/mol. The second-order valence-corrected chi connectivity index (χ2v) is 4.58. The monoisotopic (exact) mass is 257 g/mol. The maximum Gasteiger partial charge on any atom is 0.227 e. The molecule has 18 heavy (non-hydrogen) atoms. The topological polar surface area (TPSA) is 29.1 Å². The number of carbonyl (C=O) groups excluding carboxylic acids is 1. The van der Waals surface area contributed by atoms with Crippen LogP contribution in [-0.2, 0) is 4.79 Å². The summed E-state index contributed by atoms with van der Waals surface area (Å²) in [5.74, 6) is -4.48. The predicted molar refractivity (Wildman–Crippen MR) is 61.5 cm³/mol. The van der Waals surface area contributed by atoms with Crippen molar-refractivity contribution < 1.29 is 18.0 Å². The van der Waals surface area contributed by atoms with Gasteiger partial charge in [-0.2, -0.15) is 0 Å². The molecule has 1 aliphatic rings. The van der Waals surface area contributed by atoms with Gasteiger partial charge in [0.25, 0.3) is 0 Å². The van der Waals surface area contributed by atoms with Gasteiger partial charge in [0.05, 0.1) is 0 Å². The Bertz CT molecular complexity index is 433. The Morgan fingerprint density at radius 2 is 1.61 bits per heavy atom. The van der Waals surface area contributed by atoms with Crippen LogP contribution >= 0.6 is 0 Å². The third kappa shape index (κ3) is 2.83. The predicted octanol–water partition coefficient (Wildman–Crippen LogP) is 3.62. The summed E-state index contributed by atoms with van der Waals surface area (Å²) in [5, 5.41) is 2.43. The van der Waals surface area contributed by atoms with Crippen LogP contribution in [0.1, 0.15) is 32.1 Å². The lowest BCUT2D eigenvalue weighted by Gasteiger charge is -2.20. The van der Waals surface area contributed by atoms with Gasteiger partial charge in [-0.05, 0) is 12.8 Å². The highest BCUT2D eigenvalue weighted by molar-refractivity contribution is 5.92. The van der Waals surface area contributed by atoms with Crippen molar-refractivity contribution in [3.63, 3.8) is 0 Å². The smallest absolute Gasteiger partial charge is 0.227 e. The van der Waals surface area contributed by atoms with Gasteiger partial charge >= 0.3 is 0 Å². The van der Waals surface area contributed by atoms with E-state index in [1.807, 2.05) is 0 Å². The molecule has 0 aromatic heterocycles. The van der Waals surface area contributed by atoms with Gasteiger partial charge in [0.2, 0.25) is 5.91 Å². The lowest BCUT2D eigenvalue weighted by atomic mass is 9.88. The molecular weight excluding hydrogens is 243 g/mol. The molecule has 0 atom stereocenters. The molecule has 2 rings (SSSR count). The highest BCUT2D eigenvalue weighted by Gasteiger charge is 2.21. The van der Waals surface area contributed by atoms with Gasteiger partial charge in [-0.1, -0.05) is 19.3 Å². The Balaban J connectivity index is 2.06. The number of benzene rings is 1. The Kier molecular flexibility index (Phi) is 3.89. The number of nitrogens with one attached hydrogen (secondary N) is 1. The first-order valence-electron chi connectivity index (χ1n) is 6.03. The van der Waals surface area contributed by atoms with Crippen molar-refractivity contribution in [3.8, 4) is 0 Å². The van der Waals surface area contributed by atoms with Crippen LogP contribution in [0.2, 0.25) is 0 Å². The summed E-state index contributed by atoms with van der Waals surface area (Å²) < 4.78 is 38.7. The van der Waals surface area contributed by atoms with Gasteiger partial charge in [-0.15, -0.1) is 0 Å². The van der Waals surface area contributed by atoms with E-state index in [0.29, 0.717) is 0 Å². The normalized spacial score (nSPS) is 16.6. The van der Waals surface area contributed by atoms with Crippen molar-refractivity contribution in [2.24, 2.45) is 5.92 Å². The summed E-state index contributed by atoms with van der Waals surface area (Å²) in [5.41, 5.74) is -0.0398. The zero-order chi connectivity index (χ0) is 13.1. The molecule has 1 aromatic rings. The van der Waals surface area contributed by atoms with Crippen LogP contribution in [0.4, 0.5) is 18.9 Å². The minimum Gasteiger partial charge on any atom is -0.326 e. The zero-order valence-electron chi connectivity index (χ0n) is 9.81. The number of halogens is 3. The standard InChI is InChI=1S/C13H14F3NO/c14-10-6-9(7-11(15)12(10)16)17-13(18)8-4-2-1-3-5-8/h6-8H,1-5H2,(H,17,18). The molecule has 1 fully saturated rings. The summed E-state index contributed by atoms with van der Waals surface area (Å²) in [6.07, 6.45) is 4.67. The van der Waals surface area contributed by atoms with Gasteiger partial charge in [0.1, 0.15) is 0 Å². The molecule has 0 saturated heterocycles. The number of hydrogen-bond acceptors (Lipinski definition) is 1. The maximum atomic E-state index is 13.0. The lowest BCUT2D eigenvalue weighted by Crippen LogP contribution is -2.24. The van der Waals surface area contributed by atoms with Gasteiger partial charge in [0.15, 0.2) is 17.5 Å². The molecule has 98 valence electrons. The molecule has 0 bridgehead atoms. The summed E-state index contributed by atoms with van der Waals surface area (Å²) in [4.78, 5) is 11.8. The van der Waals surface area contributed by atoms with Gasteiger partial charge in [-0.25, -0.2) is 13.2 Å². The van der Waals surface area contributed by atoms with E-state index in [2.05, 4.69) is 5.32 Å². The molecule has 1 aromatic carbocycles. The Morgan fingerprint density at radius 3 is 2.17 bits per heavy atom. The van der Waals surface area contributed by atoms with E-state index >= 15 is 0 Å². The molecule has 1 aliphatic carbocycles. The molecule has 0 unspecified atom stereocenters. The third-order valence-electron chi connectivity index (χ3n) is 3.23. The van der Waals surface area contributed by atoms with E-state index in [4.69, 9.17) is 0 Å². The minimum absolute atomic E-state index is 0.0398. The summed E-state index contributed by atoms with van der Waals surface area (Å²) >= 11 is 0. The lowest BCUT2D eigenvalue weighted by molar-refractivity contribution is -0.120. The van der Waals surface area contributed by atoms with E-state index in [1.54, 1.807) is 0 Å². The second kappa shape index (κ2) is 5.42. The second-order valence-electron chi connectivity index (χ2n) is 4.58. The molecule has 0 radical (unpaired) electrons. The maximum absolute atomic E-state index is 13.0. The Hall–Kier alpha value is -1.52. The van der Waals surface area contributed by atoms with Crippen LogP contribution < -0.4 is 5.32 Å². The van der Waals surface area contributed by atoms with Crippen LogP contribution in [0, 0.1) is 23.4 Å². The summed E-state index contributed by atoms with van der Waals surface area (Å²) in [7, 11) is 0. The van der Waals surface area contributed by atoms with E-state index in [0.717, 1.165) is 44.2 Å². The molecule has 1 N–H and O–H groups in total. The molecule has 0 heterocycles. The first-order chi connectivity index (χ1) is 8.58.